The Bertz CT molecular complexity index is 656. The molecule has 0 radical (unpaired) electrons. The van der Waals surface area contributed by atoms with Crippen LogP contribution < -0.4 is 11.1 Å². The van der Waals surface area contributed by atoms with Gasteiger partial charge in [0.05, 0.1) is 0 Å². The number of rotatable bonds is 2. The van der Waals surface area contributed by atoms with Crippen molar-refractivity contribution in [2.24, 2.45) is 0 Å². The van der Waals surface area contributed by atoms with Crippen LogP contribution in [0.4, 0.5) is 5.82 Å². The van der Waals surface area contributed by atoms with Crippen molar-refractivity contribution in [2.75, 3.05) is 5.73 Å². The molecular formula is C16H18N4O. The number of amides is 1. The van der Waals surface area contributed by atoms with Crippen molar-refractivity contribution >= 4 is 11.7 Å². The fourth-order valence-corrected chi connectivity index (χ4v) is 2.81. The average molecular weight is 282 g/mol. The molecule has 1 amide bonds. The van der Waals surface area contributed by atoms with E-state index in [1.807, 2.05) is 6.07 Å². The molecule has 1 aromatic heterocycles. The highest BCUT2D eigenvalue weighted by atomic mass is 16.2. The van der Waals surface area contributed by atoms with Gasteiger partial charge in [-0.05, 0) is 36.8 Å². The van der Waals surface area contributed by atoms with Gasteiger partial charge in [0.1, 0.15) is 0 Å². The number of nitrogens with two attached hydrogens (primary N) is 1. The second-order valence-corrected chi connectivity index (χ2v) is 5.33. The first kappa shape index (κ1) is 13.5. The van der Waals surface area contributed by atoms with Gasteiger partial charge in [-0.1, -0.05) is 24.3 Å². The predicted molar refractivity (Wildman–Crippen MR) is 80.8 cm³/mol. The van der Waals surface area contributed by atoms with Gasteiger partial charge in [0.2, 0.25) is 0 Å². The minimum Gasteiger partial charge on any atom is -0.382 e. The van der Waals surface area contributed by atoms with Crippen LogP contribution in [-0.2, 0) is 12.8 Å². The summed E-state index contributed by atoms with van der Waals surface area (Å²) in [6.07, 6.45) is 6.90. The third kappa shape index (κ3) is 3.02. The lowest BCUT2D eigenvalue weighted by Gasteiger charge is -2.17. The van der Waals surface area contributed by atoms with Gasteiger partial charge in [-0.2, -0.15) is 0 Å². The number of fused-ring (bicyclic) bond motifs is 1. The topological polar surface area (TPSA) is 80.9 Å². The van der Waals surface area contributed by atoms with Crippen molar-refractivity contribution in [3.8, 4) is 0 Å². The second-order valence-electron chi connectivity index (χ2n) is 5.33. The van der Waals surface area contributed by atoms with Gasteiger partial charge in [-0.25, -0.2) is 9.97 Å². The third-order valence-corrected chi connectivity index (χ3v) is 3.86. The number of hydrogen-bond acceptors (Lipinski definition) is 4. The van der Waals surface area contributed by atoms with Gasteiger partial charge in [0, 0.05) is 18.4 Å². The lowest BCUT2D eigenvalue weighted by atomic mass is 10.0. The van der Waals surface area contributed by atoms with Crippen LogP contribution in [0.25, 0.3) is 0 Å². The Morgan fingerprint density at radius 3 is 2.76 bits per heavy atom. The maximum Gasteiger partial charge on any atom is 0.273 e. The number of nitrogens with zero attached hydrogens (tertiary/aromatic N) is 2. The van der Waals surface area contributed by atoms with E-state index >= 15 is 0 Å². The first-order chi connectivity index (χ1) is 10.2. The zero-order valence-electron chi connectivity index (χ0n) is 11.7. The number of nitrogen functional groups attached to an aromatic ring is 1. The molecule has 1 unspecified atom stereocenters. The summed E-state index contributed by atoms with van der Waals surface area (Å²) in [6.45, 7) is 0. The van der Waals surface area contributed by atoms with Crippen LogP contribution in [0.3, 0.4) is 0 Å². The van der Waals surface area contributed by atoms with E-state index in [4.69, 9.17) is 5.73 Å². The Kier molecular flexibility index (Phi) is 3.81. The van der Waals surface area contributed by atoms with Crippen LogP contribution in [0, 0.1) is 0 Å². The molecule has 3 N–H and O–H groups in total. The van der Waals surface area contributed by atoms with E-state index in [-0.39, 0.29) is 23.5 Å². The zero-order chi connectivity index (χ0) is 14.7. The fraction of sp³-hybridized carbons (Fsp3) is 0.312. The maximum atomic E-state index is 12.3. The fourth-order valence-electron chi connectivity index (χ4n) is 2.81. The quantitative estimate of drug-likeness (QED) is 0.822. The molecule has 2 aromatic rings. The Balaban J connectivity index is 1.74. The monoisotopic (exact) mass is 282 g/mol. The molecule has 0 fully saturated rings. The van der Waals surface area contributed by atoms with Gasteiger partial charge in [0.15, 0.2) is 11.5 Å². The van der Waals surface area contributed by atoms with Crippen molar-refractivity contribution in [1.29, 1.82) is 0 Å². The average Bonchev–Trinajstić information content (AvgIpc) is 2.69. The molecule has 108 valence electrons. The van der Waals surface area contributed by atoms with Crippen LogP contribution in [0.2, 0.25) is 0 Å². The minimum atomic E-state index is -0.245. The Morgan fingerprint density at radius 1 is 1.19 bits per heavy atom. The lowest BCUT2D eigenvalue weighted by Crippen LogP contribution is -2.37. The van der Waals surface area contributed by atoms with Crippen molar-refractivity contribution in [3.63, 3.8) is 0 Å². The summed E-state index contributed by atoms with van der Waals surface area (Å²) in [4.78, 5) is 20.2. The molecule has 1 aromatic carbocycles. The van der Waals surface area contributed by atoms with Gasteiger partial charge in [-0.3, -0.25) is 4.79 Å². The molecular weight excluding hydrogens is 264 g/mol. The van der Waals surface area contributed by atoms with E-state index in [1.54, 1.807) is 0 Å². The predicted octanol–water partition coefficient (Wildman–Crippen LogP) is 1.74. The summed E-state index contributed by atoms with van der Waals surface area (Å²) >= 11 is 0. The SMILES string of the molecule is Nc1nccnc1C(=O)NC1CCCc2ccccc2C1. The first-order valence-electron chi connectivity index (χ1n) is 7.18. The minimum absolute atomic E-state index is 0.113. The normalized spacial score (nSPS) is 17.6. The molecule has 0 saturated heterocycles. The molecule has 1 aliphatic carbocycles. The Hall–Kier alpha value is -2.43. The standard InChI is InChI=1S/C16H18N4O/c17-15-14(18-8-9-19-15)16(21)20-13-7-3-6-11-4-1-2-5-12(11)10-13/h1-2,4-5,8-9,13H,3,6-7,10H2,(H2,17,19)(H,20,21). The molecule has 0 spiro atoms. The Morgan fingerprint density at radius 2 is 1.95 bits per heavy atom. The van der Waals surface area contributed by atoms with Crippen LogP contribution in [-0.4, -0.2) is 21.9 Å². The first-order valence-corrected chi connectivity index (χ1v) is 7.18. The highest BCUT2D eigenvalue weighted by Crippen LogP contribution is 2.20. The van der Waals surface area contributed by atoms with Gasteiger partial charge in [0.25, 0.3) is 5.91 Å². The smallest absolute Gasteiger partial charge is 0.273 e. The van der Waals surface area contributed by atoms with Crippen LogP contribution in [0.5, 0.6) is 0 Å². The highest BCUT2D eigenvalue weighted by Gasteiger charge is 2.20. The van der Waals surface area contributed by atoms with Crippen LogP contribution >= 0.6 is 0 Å². The molecule has 0 saturated carbocycles. The van der Waals surface area contributed by atoms with Crippen LogP contribution in [0.15, 0.2) is 36.7 Å². The number of benzene rings is 1. The van der Waals surface area contributed by atoms with Crippen molar-refractivity contribution < 1.29 is 4.79 Å². The highest BCUT2D eigenvalue weighted by molar-refractivity contribution is 5.96. The number of carbonyl (C=O) groups is 1. The third-order valence-electron chi connectivity index (χ3n) is 3.86. The Labute approximate surface area is 123 Å². The zero-order valence-corrected chi connectivity index (χ0v) is 11.7. The lowest BCUT2D eigenvalue weighted by molar-refractivity contribution is 0.0930. The molecule has 3 rings (SSSR count). The number of aryl methyl sites for hydroxylation is 1. The molecule has 1 heterocycles. The van der Waals surface area contributed by atoms with Gasteiger partial charge >= 0.3 is 0 Å². The number of hydrogen-bond donors (Lipinski definition) is 2. The summed E-state index contributed by atoms with van der Waals surface area (Å²) in [7, 11) is 0. The van der Waals surface area contributed by atoms with Crippen molar-refractivity contribution in [2.45, 2.75) is 31.7 Å². The maximum absolute atomic E-state index is 12.3. The van der Waals surface area contributed by atoms with Crippen molar-refractivity contribution in [1.82, 2.24) is 15.3 Å². The number of nitrogens with one attached hydrogen (secondary N) is 1. The summed E-state index contributed by atoms with van der Waals surface area (Å²) in [6, 6.07) is 8.53. The van der Waals surface area contributed by atoms with Crippen molar-refractivity contribution in [3.05, 3.63) is 53.5 Å². The largest absolute Gasteiger partial charge is 0.382 e. The van der Waals surface area contributed by atoms with E-state index in [0.29, 0.717) is 0 Å². The summed E-state index contributed by atoms with van der Waals surface area (Å²) in [5, 5.41) is 3.04. The molecule has 1 aliphatic rings. The number of carbonyl (C=O) groups excluding carboxylic acids is 1. The summed E-state index contributed by atoms with van der Waals surface area (Å²) in [5.74, 6) is -0.0750. The van der Waals surface area contributed by atoms with E-state index in [2.05, 4.69) is 33.5 Å². The van der Waals surface area contributed by atoms with Gasteiger partial charge in [-0.15, -0.1) is 0 Å². The van der Waals surface area contributed by atoms with E-state index in [0.717, 1.165) is 25.7 Å². The summed E-state index contributed by atoms with van der Waals surface area (Å²) in [5.41, 5.74) is 8.60. The van der Waals surface area contributed by atoms with E-state index in [1.165, 1.54) is 23.5 Å². The molecule has 0 bridgehead atoms. The molecule has 5 nitrogen and oxygen atoms in total. The molecule has 5 heteroatoms. The molecule has 21 heavy (non-hydrogen) atoms. The molecule has 0 aliphatic heterocycles. The van der Waals surface area contributed by atoms with E-state index in [9.17, 15) is 4.79 Å². The second kappa shape index (κ2) is 5.91. The van der Waals surface area contributed by atoms with Gasteiger partial charge < -0.3 is 11.1 Å². The molecule has 1 atom stereocenters. The van der Waals surface area contributed by atoms with Crippen LogP contribution in [0.1, 0.15) is 34.5 Å². The number of aromatic nitrogens is 2. The van der Waals surface area contributed by atoms with E-state index < -0.39 is 0 Å². The number of anilines is 1. The summed E-state index contributed by atoms with van der Waals surface area (Å²) < 4.78 is 0.